The molecule has 2 nitrogen and oxygen atoms in total. The van der Waals surface area contributed by atoms with Crippen molar-refractivity contribution in [1.82, 2.24) is 0 Å². The average Bonchev–Trinajstić information content (AvgIpc) is 2.71. The monoisotopic (exact) mass is 214 g/mol. The summed E-state index contributed by atoms with van der Waals surface area (Å²) in [7, 11) is 0. The third-order valence-corrected chi connectivity index (χ3v) is 2.25. The highest BCUT2D eigenvalue weighted by Crippen LogP contribution is 2.28. The van der Waals surface area contributed by atoms with Crippen molar-refractivity contribution < 1.29 is 13.9 Å². The molecule has 0 spiro atoms. The molecule has 0 N–H and O–H groups in total. The van der Waals surface area contributed by atoms with Gasteiger partial charge in [-0.2, -0.15) is 0 Å². The molecule has 1 aliphatic rings. The van der Waals surface area contributed by atoms with Gasteiger partial charge in [-0.25, -0.2) is 4.39 Å². The van der Waals surface area contributed by atoms with Gasteiger partial charge in [0.25, 0.3) is 6.29 Å². The zero-order valence-electron chi connectivity index (χ0n) is 7.24. The van der Waals surface area contributed by atoms with E-state index in [1.165, 1.54) is 12.5 Å². The van der Waals surface area contributed by atoms with Crippen molar-refractivity contribution in [2.75, 3.05) is 0 Å². The maximum atomic E-state index is 13.7. The summed E-state index contributed by atoms with van der Waals surface area (Å²) >= 11 is 5.57. The molecule has 0 fully saturated rings. The summed E-state index contributed by atoms with van der Waals surface area (Å²) in [5.41, 5.74) is 0.816. The predicted octanol–water partition coefficient (Wildman–Crippen LogP) is 3.08. The Morgan fingerprint density at radius 1 is 1.29 bits per heavy atom. The molecule has 14 heavy (non-hydrogen) atoms. The van der Waals surface area contributed by atoms with Crippen molar-refractivity contribution in [3.63, 3.8) is 0 Å². The van der Waals surface area contributed by atoms with Crippen molar-refractivity contribution in [3.8, 4) is 0 Å². The Bertz CT molecular complexity index is 357. The Labute approximate surface area is 85.9 Å². The quantitative estimate of drug-likeness (QED) is 0.705. The second-order valence-corrected chi connectivity index (χ2v) is 3.10. The average molecular weight is 215 g/mol. The predicted molar refractivity (Wildman–Crippen MR) is 50.0 cm³/mol. The Morgan fingerprint density at radius 2 is 2.00 bits per heavy atom. The van der Waals surface area contributed by atoms with Crippen LogP contribution in [0.25, 0.3) is 0 Å². The Hall–Kier alpha value is -1.22. The SMILES string of the molecule is Fc1c(CCl)cccc1C1OC=CO1. The molecule has 1 heterocycles. The number of halogens is 2. The third-order valence-electron chi connectivity index (χ3n) is 1.97. The van der Waals surface area contributed by atoms with Gasteiger partial charge in [0.15, 0.2) is 0 Å². The fourth-order valence-electron chi connectivity index (χ4n) is 1.27. The van der Waals surface area contributed by atoms with Gasteiger partial charge in [0.05, 0.1) is 11.4 Å². The van der Waals surface area contributed by atoms with Crippen LogP contribution in [0, 0.1) is 5.82 Å². The summed E-state index contributed by atoms with van der Waals surface area (Å²) in [6, 6.07) is 4.97. The highest BCUT2D eigenvalue weighted by atomic mass is 35.5. The molecular formula is C10H8ClFO2. The summed E-state index contributed by atoms with van der Waals surface area (Å²) in [5.74, 6) is -0.226. The lowest BCUT2D eigenvalue weighted by Crippen LogP contribution is -2.03. The first kappa shape index (κ1) is 9.34. The number of rotatable bonds is 2. The van der Waals surface area contributed by atoms with E-state index in [0.717, 1.165) is 0 Å². The minimum Gasteiger partial charge on any atom is -0.455 e. The van der Waals surface area contributed by atoms with Crippen LogP contribution >= 0.6 is 11.6 Å². The van der Waals surface area contributed by atoms with E-state index in [4.69, 9.17) is 21.1 Å². The van der Waals surface area contributed by atoms with Crippen molar-refractivity contribution in [1.29, 1.82) is 0 Å². The molecule has 0 aromatic heterocycles. The van der Waals surface area contributed by atoms with E-state index in [1.54, 1.807) is 18.2 Å². The maximum Gasteiger partial charge on any atom is 0.269 e. The highest BCUT2D eigenvalue weighted by Gasteiger charge is 2.20. The molecular weight excluding hydrogens is 207 g/mol. The van der Waals surface area contributed by atoms with E-state index in [2.05, 4.69) is 0 Å². The first-order chi connectivity index (χ1) is 6.83. The largest absolute Gasteiger partial charge is 0.455 e. The molecule has 1 aromatic rings. The molecule has 0 saturated carbocycles. The van der Waals surface area contributed by atoms with Gasteiger partial charge < -0.3 is 9.47 Å². The molecule has 0 saturated heterocycles. The van der Waals surface area contributed by atoms with Crippen molar-refractivity contribution in [3.05, 3.63) is 47.7 Å². The number of benzene rings is 1. The number of ether oxygens (including phenoxy) is 2. The highest BCUT2D eigenvalue weighted by molar-refractivity contribution is 6.17. The number of hydrogen-bond donors (Lipinski definition) is 0. The van der Waals surface area contributed by atoms with Crippen LogP contribution in [0.5, 0.6) is 0 Å². The molecule has 0 aliphatic carbocycles. The van der Waals surface area contributed by atoms with Crippen molar-refractivity contribution >= 4 is 11.6 Å². The summed E-state index contributed by atoms with van der Waals surface area (Å²) < 4.78 is 23.7. The minimum absolute atomic E-state index is 0.139. The fourth-order valence-corrected chi connectivity index (χ4v) is 1.48. The lowest BCUT2D eigenvalue weighted by Gasteiger charge is -2.12. The van der Waals surface area contributed by atoms with E-state index in [-0.39, 0.29) is 11.7 Å². The van der Waals surface area contributed by atoms with Gasteiger partial charge >= 0.3 is 0 Å². The Kier molecular flexibility index (Phi) is 2.59. The van der Waals surface area contributed by atoms with Gasteiger partial charge in [0, 0.05) is 5.56 Å². The maximum absolute atomic E-state index is 13.7. The van der Waals surface area contributed by atoms with Gasteiger partial charge in [-0.15, -0.1) is 11.6 Å². The molecule has 1 aliphatic heterocycles. The van der Waals surface area contributed by atoms with Crippen LogP contribution in [0.2, 0.25) is 0 Å². The van der Waals surface area contributed by atoms with Crippen LogP contribution in [0.1, 0.15) is 17.4 Å². The first-order valence-electron chi connectivity index (χ1n) is 4.12. The molecule has 0 amide bonds. The summed E-state index contributed by atoms with van der Waals surface area (Å²) in [5, 5.41) is 0. The van der Waals surface area contributed by atoms with Gasteiger partial charge in [0.1, 0.15) is 18.3 Å². The molecule has 0 unspecified atom stereocenters. The van der Waals surface area contributed by atoms with Gasteiger partial charge in [0.2, 0.25) is 0 Å². The van der Waals surface area contributed by atoms with Crippen LogP contribution in [0.4, 0.5) is 4.39 Å². The van der Waals surface area contributed by atoms with E-state index in [0.29, 0.717) is 11.1 Å². The van der Waals surface area contributed by atoms with Crippen LogP contribution < -0.4 is 0 Å². The lowest BCUT2D eigenvalue weighted by atomic mass is 10.1. The minimum atomic E-state index is -0.682. The molecule has 0 bridgehead atoms. The summed E-state index contributed by atoms with van der Waals surface area (Å²) in [6.45, 7) is 0. The van der Waals surface area contributed by atoms with E-state index < -0.39 is 6.29 Å². The molecule has 0 radical (unpaired) electrons. The van der Waals surface area contributed by atoms with Crippen molar-refractivity contribution in [2.45, 2.75) is 12.2 Å². The van der Waals surface area contributed by atoms with Crippen LogP contribution in [-0.2, 0) is 15.4 Å². The van der Waals surface area contributed by atoms with E-state index in [9.17, 15) is 4.39 Å². The number of alkyl halides is 1. The molecule has 2 rings (SSSR count). The van der Waals surface area contributed by atoms with Crippen LogP contribution in [0.15, 0.2) is 30.7 Å². The van der Waals surface area contributed by atoms with Gasteiger partial charge in [-0.05, 0) is 6.07 Å². The fraction of sp³-hybridized carbons (Fsp3) is 0.200. The smallest absolute Gasteiger partial charge is 0.269 e. The second-order valence-electron chi connectivity index (χ2n) is 2.83. The van der Waals surface area contributed by atoms with Crippen molar-refractivity contribution in [2.24, 2.45) is 0 Å². The topological polar surface area (TPSA) is 18.5 Å². The molecule has 4 heteroatoms. The zero-order chi connectivity index (χ0) is 9.97. The zero-order valence-corrected chi connectivity index (χ0v) is 8.00. The van der Waals surface area contributed by atoms with E-state index in [1.807, 2.05) is 0 Å². The van der Waals surface area contributed by atoms with Gasteiger partial charge in [-0.1, -0.05) is 12.1 Å². The molecule has 0 atom stereocenters. The first-order valence-corrected chi connectivity index (χ1v) is 4.65. The Balaban J connectivity index is 2.33. The molecule has 74 valence electrons. The summed E-state index contributed by atoms with van der Waals surface area (Å²) in [6.07, 6.45) is 2.09. The van der Waals surface area contributed by atoms with Gasteiger partial charge in [-0.3, -0.25) is 0 Å². The van der Waals surface area contributed by atoms with Crippen LogP contribution in [-0.4, -0.2) is 0 Å². The second kappa shape index (κ2) is 3.88. The molecule has 1 aromatic carbocycles. The van der Waals surface area contributed by atoms with Crippen LogP contribution in [0.3, 0.4) is 0 Å². The van der Waals surface area contributed by atoms with E-state index >= 15 is 0 Å². The Morgan fingerprint density at radius 3 is 2.64 bits per heavy atom. The number of hydrogen-bond acceptors (Lipinski definition) is 2. The normalized spacial score (nSPS) is 15.3. The summed E-state index contributed by atoms with van der Waals surface area (Å²) in [4.78, 5) is 0. The lowest BCUT2D eigenvalue weighted by molar-refractivity contribution is -0.0272. The third kappa shape index (κ3) is 1.55. The standard InChI is InChI=1S/C10H8ClFO2/c11-6-7-2-1-3-8(9(7)12)10-13-4-5-14-10/h1-5,10H,6H2.